The number of hydrogen-bond donors (Lipinski definition) is 1. The second kappa shape index (κ2) is 6.01. The van der Waals surface area contributed by atoms with Crippen LogP contribution in [0.2, 0.25) is 0 Å². The molecule has 7 nitrogen and oxygen atoms in total. The second-order valence-corrected chi connectivity index (χ2v) is 4.95. The number of hydroxylamine groups is 2. The molecule has 0 aliphatic carbocycles. The van der Waals surface area contributed by atoms with Gasteiger partial charge in [0.15, 0.2) is 0 Å². The average Bonchev–Trinajstić information content (AvgIpc) is 2.09. The first-order valence-electron chi connectivity index (χ1n) is 5.92. The number of rotatable bonds is 3. The van der Waals surface area contributed by atoms with Gasteiger partial charge in [-0.25, -0.2) is 9.59 Å². The van der Waals surface area contributed by atoms with Crippen LogP contribution in [0.25, 0.3) is 0 Å². The van der Waals surface area contributed by atoms with Crippen LogP contribution in [0.5, 0.6) is 0 Å². The lowest BCUT2D eigenvalue weighted by Crippen LogP contribution is -2.57. The molecule has 18 heavy (non-hydrogen) atoms. The fourth-order valence-corrected chi connectivity index (χ4v) is 1.33. The highest BCUT2D eigenvalue weighted by Crippen LogP contribution is 2.10. The Morgan fingerprint density at radius 3 is 2.28 bits per heavy atom. The van der Waals surface area contributed by atoms with Crippen LogP contribution in [0.3, 0.4) is 0 Å². The number of carbonyl (C=O) groups excluding carboxylic acids is 2. The number of carbonyl (C=O) groups is 2. The summed E-state index contributed by atoms with van der Waals surface area (Å²) in [4.78, 5) is 27.5. The van der Waals surface area contributed by atoms with Crippen molar-refractivity contribution in [3.63, 3.8) is 0 Å². The smallest absolute Gasteiger partial charge is 0.428 e. The topological polar surface area (TPSA) is 77.1 Å². The number of ether oxygens (including phenoxy) is 2. The van der Waals surface area contributed by atoms with Gasteiger partial charge in [0.25, 0.3) is 0 Å². The lowest BCUT2D eigenvalue weighted by molar-refractivity contribution is -0.158. The van der Waals surface area contributed by atoms with E-state index in [1.54, 1.807) is 20.8 Å². The Kier molecular flexibility index (Phi) is 4.92. The lowest BCUT2D eigenvalue weighted by atomic mass is 10.2. The molecule has 0 amide bonds. The first-order chi connectivity index (χ1) is 8.31. The van der Waals surface area contributed by atoms with Crippen molar-refractivity contribution < 1.29 is 23.9 Å². The first kappa shape index (κ1) is 14.7. The van der Waals surface area contributed by atoms with Crippen LogP contribution >= 0.6 is 0 Å². The summed E-state index contributed by atoms with van der Waals surface area (Å²) >= 11 is 0. The zero-order valence-electron chi connectivity index (χ0n) is 11.2. The van der Waals surface area contributed by atoms with E-state index in [0.29, 0.717) is 6.54 Å². The minimum Gasteiger partial charge on any atom is -0.428 e. The van der Waals surface area contributed by atoms with Gasteiger partial charge in [0, 0.05) is 19.6 Å². The van der Waals surface area contributed by atoms with Crippen molar-refractivity contribution >= 4 is 12.3 Å². The van der Waals surface area contributed by atoms with Gasteiger partial charge in [-0.05, 0) is 27.7 Å². The molecule has 0 aromatic carbocycles. The van der Waals surface area contributed by atoms with Crippen LogP contribution < -0.4 is 5.32 Å². The number of hydrogen-bond acceptors (Lipinski definition) is 7. The van der Waals surface area contributed by atoms with Crippen LogP contribution in [0.4, 0.5) is 9.59 Å². The molecule has 0 radical (unpaired) electrons. The number of likely N-dealkylation sites (N-methyl/N-ethyl adjacent to an activating group) is 1. The standard InChI is InChI=1S/C11H20N2O5/c1-5-13(8-6-12-7-8)18-10(15)16-9(14)17-11(2,3)4/h8,12H,5-7H2,1-4H3. The fraction of sp³-hybridized carbons (Fsp3) is 0.818. The van der Waals surface area contributed by atoms with Crippen molar-refractivity contribution in [1.29, 1.82) is 0 Å². The van der Waals surface area contributed by atoms with Crippen molar-refractivity contribution in [1.82, 2.24) is 10.4 Å². The van der Waals surface area contributed by atoms with E-state index >= 15 is 0 Å². The van der Waals surface area contributed by atoms with Gasteiger partial charge in [0.1, 0.15) is 5.60 Å². The summed E-state index contributed by atoms with van der Waals surface area (Å²) in [6, 6.07) is 0.126. The Balaban J connectivity index is 2.33. The molecule has 0 unspecified atom stereocenters. The van der Waals surface area contributed by atoms with Crippen molar-refractivity contribution in [3.05, 3.63) is 0 Å². The SMILES string of the molecule is CCN(OC(=O)OC(=O)OC(C)(C)C)C1CNC1. The molecule has 1 fully saturated rings. The van der Waals surface area contributed by atoms with E-state index in [9.17, 15) is 9.59 Å². The molecule has 0 spiro atoms. The summed E-state index contributed by atoms with van der Waals surface area (Å²) < 4.78 is 9.22. The largest absolute Gasteiger partial charge is 0.538 e. The molecule has 0 bridgehead atoms. The highest BCUT2D eigenvalue weighted by Gasteiger charge is 2.28. The maximum absolute atomic E-state index is 11.3. The minimum absolute atomic E-state index is 0.126. The highest BCUT2D eigenvalue weighted by molar-refractivity contribution is 5.76. The maximum atomic E-state index is 11.3. The van der Waals surface area contributed by atoms with E-state index in [4.69, 9.17) is 9.57 Å². The third-order valence-corrected chi connectivity index (χ3v) is 2.23. The van der Waals surface area contributed by atoms with Crippen LogP contribution in [-0.2, 0) is 14.3 Å². The Labute approximate surface area is 106 Å². The van der Waals surface area contributed by atoms with E-state index in [1.807, 2.05) is 6.92 Å². The number of nitrogens with one attached hydrogen (secondary N) is 1. The van der Waals surface area contributed by atoms with Crippen molar-refractivity contribution in [2.45, 2.75) is 39.3 Å². The van der Waals surface area contributed by atoms with E-state index in [-0.39, 0.29) is 6.04 Å². The summed E-state index contributed by atoms with van der Waals surface area (Å²) in [5.41, 5.74) is -0.709. The first-order valence-corrected chi connectivity index (χ1v) is 5.92. The van der Waals surface area contributed by atoms with Crippen LogP contribution in [0, 0.1) is 0 Å². The molecule has 0 atom stereocenters. The molecule has 1 aliphatic heterocycles. The normalized spacial score (nSPS) is 16.1. The Morgan fingerprint density at radius 1 is 1.28 bits per heavy atom. The van der Waals surface area contributed by atoms with Crippen LogP contribution in [-0.4, -0.2) is 48.7 Å². The van der Waals surface area contributed by atoms with Gasteiger partial charge in [-0.15, -0.1) is 5.06 Å². The van der Waals surface area contributed by atoms with Crippen molar-refractivity contribution in [2.24, 2.45) is 0 Å². The van der Waals surface area contributed by atoms with Gasteiger partial charge in [-0.3, -0.25) is 0 Å². The van der Waals surface area contributed by atoms with Gasteiger partial charge in [-0.1, -0.05) is 0 Å². The third kappa shape index (κ3) is 4.89. The van der Waals surface area contributed by atoms with E-state index in [1.165, 1.54) is 5.06 Å². The van der Waals surface area contributed by atoms with Gasteiger partial charge >= 0.3 is 12.3 Å². The van der Waals surface area contributed by atoms with Crippen molar-refractivity contribution in [3.8, 4) is 0 Å². The number of nitrogens with zero attached hydrogens (tertiary/aromatic N) is 1. The predicted molar refractivity (Wildman–Crippen MR) is 62.8 cm³/mol. The molecule has 7 heteroatoms. The Bertz CT molecular complexity index is 309. The summed E-state index contributed by atoms with van der Waals surface area (Å²) in [7, 11) is 0. The minimum atomic E-state index is -1.07. The van der Waals surface area contributed by atoms with Gasteiger partial charge in [-0.2, -0.15) is 0 Å². The fourth-order valence-electron chi connectivity index (χ4n) is 1.33. The van der Waals surface area contributed by atoms with Gasteiger partial charge < -0.3 is 19.6 Å². The molecule has 1 N–H and O–H groups in total. The molecular formula is C11H20N2O5. The molecule has 0 aromatic heterocycles. The van der Waals surface area contributed by atoms with Gasteiger partial charge in [0.05, 0.1) is 6.04 Å². The lowest BCUT2D eigenvalue weighted by Gasteiger charge is -2.35. The third-order valence-electron chi connectivity index (χ3n) is 2.23. The van der Waals surface area contributed by atoms with Gasteiger partial charge in [0.2, 0.25) is 0 Å². The second-order valence-electron chi connectivity index (χ2n) is 4.95. The Hall–Kier alpha value is -1.34. The van der Waals surface area contributed by atoms with E-state index < -0.39 is 17.9 Å². The summed E-state index contributed by atoms with van der Waals surface area (Å²) in [5, 5.41) is 4.53. The zero-order valence-corrected chi connectivity index (χ0v) is 11.2. The summed E-state index contributed by atoms with van der Waals surface area (Å²) in [5.74, 6) is 0. The van der Waals surface area contributed by atoms with Crippen LogP contribution in [0.15, 0.2) is 0 Å². The predicted octanol–water partition coefficient (Wildman–Crippen LogP) is 1.28. The maximum Gasteiger partial charge on any atom is 0.538 e. The summed E-state index contributed by atoms with van der Waals surface area (Å²) in [6.45, 7) is 8.89. The molecular weight excluding hydrogens is 240 g/mol. The van der Waals surface area contributed by atoms with Crippen LogP contribution in [0.1, 0.15) is 27.7 Å². The quantitative estimate of drug-likeness (QED) is 0.465. The molecule has 1 saturated heterocycles. The van der Waals surface area contributed by atoms with E-state index in [0.717, 1.165) is 13.1 Å². The molecule has 0 aromatic rings. The molecule has 0 saturated carbocycles. The molecule has 1 rings (SSSR count). The van der Waals surface area contributed by atoms with E-state index in [2.05, 4.69) is 10.1 Å². The molecule has 1 aliphatic rings. The Morgan fingerprint density at radius 2 is 1.89 bits per heavy atom. The highest BCUT2D eigenvalue weighted by atomic mass is 16.9. The monoisotopic (exact) mass is 260 g/mol. The van der Waals surface area contributed by atoms with Crippen molar-refractivity contribution in [2.75, 3.05) is 19.6 Å². The zero-order chi connectivity index (χ0) is 13.8. The molecule has 104 valence electrons. The summed E-state index contributed by atoms with van der Waals surface area (Å²) in [6.07, 6.45) is -2.13. The average molecular weight is 260 g/mol. The molecule has 1 heterocycles.